The van der Waals surface area contributed by atoms with Gasteiger partial charge in [-0.25, -0.2) is 0 Å². The van der Waals surface area contributed by atoms with Gasteiger partial charge in [-0.1, -0.05) is 0 Å². The fourth-order valence-electron chi connectivity index (χ4n) is 2.45. The van der Waals surface area contributed by atoms with Crippen LogP contribution in [-0.2, 0) is 14.4 Å². The highest BCUT2D eigenvalue weighted by Crippen LogP contribution is 2.22. The minimum atomic E-state index is -5.09. The Morgan fingerprint density at radius 3 is 2.32 bits per heavy atom. The molecule has 0 atom stereocenters. The van der Waals surface area contributed by atoms with E-state index in [4.69, 9.17) is 4.42 Å². The predicted octanol–water partition coefficient (Wildman–Crippen LogP) is 1.22. The number of piperazine rings is 1. The first-order valence-electron chi connectivity index (χ1n) is 7.47. The van der Waals surface area contributed by atoms with Crippen molar-refractivity contribution in [1.29, 1.82) is 0 Å². The topological polar surface area (TPSA) is 82.9 Å². The van der Waals surface area contributed by atoms with Crippen LogP contribution in [0.3, 0.4) is 0 Å². The number of halogens is 3. The number of amides is 3. The Morgan fingerprint density at radius 2 is 1.84 bits per heavy atom. The van der Waals surface area contributed by atoms with Gasteiger partial charge in [0.15, 0.2) is 0 Å². The summed E-state index contributed by atoms with van der Waals surface area (Å²) in [6.07, 6.45) is -5.09. The van der Waals surface area contributed by atoms with E-state index in [0.717, 1.165) is 18.7 Å². The number of anilines is 1. The molecule has 0 saturated carbocycles. The Balaban J connectivity index is 2.04. The summed E-state index contributed by atoms with van der Waals surface area (Å²) in [5.41, 5.74) is -1.80. The van der Waals surface area contributed by atoms with Crippen molar-refractivity contribution in [3.05, 3.63) is 17.9 Å². The van der Waals surface area contributed by atoms with Gasteiger partial charge in [0.2, 0.25) is 17.7 Å². The van der Waals surface area contributed by atoms with Gasteiger partial charge < -0.3 is 14.6 Å². The number of aryl methyl sites for hydroxylation is 1. The first-order valence-corrected chi connectivity index (χ1v) is 7.47. The van der Waals surface area contributed by atoms with Gasteiger partial charge in [-0.3, -0.25) is 19.3 Å². The number of furan rings is 1. The molecule has 0 unspecified atom stereocenters. The summed E-state index contributed by atoms with van der Waals surface area (Å²) in [6, 6.07) is 3.31. The minimum Gasteiger partial charge on any atom is -0.445 e. The molecule has 3 amide bonds. The van der Waals surface area contributed by atoms with E-state index in [1.54, 1.807) is 24.4 Å². The summed E-state index contributed by atoms with van der Waals surface area (Å²) >= 11 is 0. The number of nitrogens with one attached hydrogen (secondary N) is 1. The van der Waals surface area contributed by atoms with Crippen molar-refractivity contribution in [2.75, 3.05) is 24.5 Å². The second-order valence-corrected chi connectivity index (χ2v) is 6.23. The lowest BCUT2D eigenvalue weighted by molar-refractivity contribution is -0.176. The van der Waals surface area contributed by atoms with Crippen LogP contribution in [0.2, 0.25) is 0 Å². The van der Waals surface area contributed by atoms with E-state index in [0.29, 0.717) is 11.6 Å². The maximum Gasteiger partial charge on any atom is 0.471 e. The average Bonchev–Trinajstić information content (AvgIpc) is 2.91. The summed E-state index contributed by atoms with van der Waals surface area (Å²) in [7, 11) is 0. The lowest BCUT2D eigenvalue weighted by Gasteiger charge is -2.37. The van der Waals surface area contributed by atoms with Gasteiger partial charge in [0, 0.05) is 19.2 Å². The molecule has 0 bridgehead atoms. The van der Waals surface area contributed by atoms with Crippen molar-refractivity contribution in [2.45, 2.75) is 32.5 Å². The summed E-state index contributed by atoms with van der Waals surface area (Å²) in [5, 5.41) is 1.66. The fourth-order valence-corrected chi connectivity index (χ4v) is 2.45. The van der Waals surface area contributed by atoms with E-state index in [9.17, 15) is 27.6 Å². The highest BCUT2D eigenvalue weighted by Gasteiger charge is 2.45. The molecule has 1 aromatic heterocycles. The lowest BCUT2D eigenvalue weighted by atomic mass is 10.0. The van der Waals surface area contributed by atoms with Gasteiger partial charge in [0.25, 0.3) is 0 Å². The van der Waals surface area contributed by atoms with E-state index in [1.807, 2.05) is 0 Å². The molecule has 1 fully saturated rings. The van der Waals surface area contributed by atoms with E-state index >= 15 is 0 Å². The van der Waals surface area contributed by atoms with Crippen LogP contribution >= 0.6 is 0 Å². The maximum atomic E-state index is 12.4. The molecule has 0 aliphatic carbocycles. The van der Waals surface area contributed by atoms with E-state index in [1.165, 1.54) is 4.90 Å². The summed E-state index contributed by atoms with van der Waals surface area (Å²) in [4.78, 5) is 38.2. The minimum absolute atomic E-state index is 0.107. The van der Waals surface area contributed by atoms with Crippen LogP contribution in [-0.4, -0.2) is 54.0 Å². The van der Waals surface area contributed by atoms with E-state index in [-0.39, 0.29) is 19.6 Å². The van der Waals surface area contributed by atoms with Crippen LogP contribution in [0.4, 0.5) is 19.1 Å². The number of hydrogen-bond donors (Lipinski definition) is 1. The van der Waals surface area contributed by atoms with Crippen molar-refractivity contribution >= 4 is 23.6 Å². The SMILES string of the molecule is Cc1ccc(N2CCN(C(=O)C(C)(C)NC(=O)C(F)(F)F)CC2=O)o1. The van der Waals surface area contributed by atoms with Gasteiger partial charge >= 0.3 is 12.1 Å². The van der Waals surface area contributed by atoms with Gasteiger partial charge in [0.1, 0.15) is 17.8 Å². The molecule has 10 heteroatoms. The number of nitrogens with zero attached hydrogens (tertiary/aromatic N) is 2. The first kappa shape index (κ1) is 18.8. The van der Waals surface area contributed by atoms with Crippen molar-refractivity contribution in [3.8, 4) is 0 Å². The third-order valence-corrected chi connectivity index (χ3v) is 3.72. The summed E-state index contributed by atoms with van der Waals surface area (Å²) < 4.78 is 42.5. The van der Waals surface area contributed by atoms with E-state index in [2.05, 4.69) is 0 Å². The summed E-state index contributed by atoms with van der Waals surface area (Å²) in [5.74, 6) is -2.43. The number of carbonyl (C=O) groups is 3. The van der Waals surface area contributed by atoms with Crippen LogP contribution in [0.1, 0.15) is 19.6 Å². The van der Waals surface area contributed by atoms with Gasteiger partial charge in [-0.15, -0.1) is 0 Å². The van der Waals surface area contributed by atoms with Crippen LogP contribution in [0.15, 0.2) is 16.5 Å². The number of alkyl halides is 3. The van der Waals surface area contributed by atoms with Crippen LogP contribution in [0, 0.1) is 6.92 Å². The predicted molar refractivity (Wildman–Crippen MR) is 80.7 cm³/mol. The average molecular weight is 361 g/mol. The smallest absolute Gasteiger partial charge is 0.445 e. The Labute approximate surface area is 141 Å². The Morgan fingerprint density at radius 1 is 1.20 bits per heavy atom. The summed E-state index contributed by atoms with van der Waals surface area (Å²) in [6.45, 7) is 3.97. The third kappa shape index (κ3) is 4.12. The van der Waals surface area contributed by atoms with Crippen molar-refractivity contribution in [3.63, 3.8) is 0 Å². The molecule has 1 aromatic rings. The molecule has 1 N–H and O–H groups in total. The number of rotatable bonds is 3. The third-order valence-electron chi connectivity index (χ3n) is 3.72. The molecule has 1 saturated heterocycles. The molecule has 0 radical (unpaired) electrons. The lowest BCUT2D eigenvalue weighted by Crippen LogP contribution is -2.62. The van der Waals surface area contributed by atoms with Gasteiger partial charge in [0.05, 0.1) is 0 Å². The number of hydrogen-bond acceptors (Lipinski definition) is 4. The highest BCUT2D eigenvalue weighted by atomic mass is 19.4. The molecule has 2 heterocycles. The Hall–Kier alpha value is -2.52. The molecule has 2 rings (SSSR count). The Bertz CT molecular complexity index is 696. The van der Waals surface area contributed by atoms with Gasteiger partial charge in [-0.2, -0.15) is 13.2 Å². The van der Waals surface area contributed by atoms with Crippen molar-refractivity contribution < 1.29 is 32.0 Å². The number of carbonyl (C=O) groups excluding carboxylic acids is 3. The molecular weight excluding hydrogens is 343 g/mol. The van der Waals surface area contributed by atoms with Crippen LogP contribution in [0.5, 0.6) is 0 Å². The fraction of sp³-hybridized carbons (Fsp3) is 0.533. The largest absolute Gasteiger partial charge is 0.471 e. The van der Waals surface area contributed by atoms with Crippen molar-refractivity contribution in [1.82, 2.24) is 10.2 Å². The van der Waals surface area contributed by atoms with Crippen molar-refractivity contribution in [2.24, 2.45) is 0 Å². The van der Waals surface area contributed by atoms with Crippen LogP contribution in [0.25, 0.3) is 0 Å². The molecule has 25 heavy (non-hydrogen) atoms. The zero-order chi connectivity index (χ0) is 19.0. The quantitative estimate of drug-likeness (QED) is 0.878. The normalized spacial score (nSPS) is 16.2. The van der Waals surface area contributed by atoms with E-state index < -0.39 is 29.4 Å². The standard InChI is InChI=1S/C15H18F3N3O4/c1-9-4-5-11(25-9)21-7-6-20(8-10(21)22)13(24)14(2,3)19-12(23)15(16,17)18/h4-5H,6-8H2,1-3H3,(H,19,23). The second kappa shape index (κ2) is 6.41. The highest BCUT2D eigenvalue weighted by molar-refractivity contribution is 5.99. The molecule has 1 aliphatic rings. The molecular formula is C15H18F3N3O4. The van der Waals surface area contributed by atoms with Gasteiger partial charge in [-0.05, 0) is 26.8 Å². The molecule has 0 spiro atoms. The molecule has 1 aliphatic heterocycles. The second-order valence-electron chi connectivity index (χ2n) is 6.23. The molecule has 0 aromatic carbocycles. The molecule has 7 nitrogen and oxygen atoms in total. The maximum absolute atomic E-state index is 12.4. The monoisotopic (exact) mass is 361 g/mol. The first-order chi connectivity index (χ1) is 11.4. The molecule has 138 valence electrons. The van der Waals surface area contributed by atoms with Crippen LogP contribution < -0.4 is 10.2 Å². The zero-order valence-corrected chi connectivity index (χ0v) is 13.9. The Kier molecular flexibility index (Phi) is 4.83. The zero-order valence-electron chi connectivity index (χ0n) is 13.9.